The van der Waals surface area contributed by atoms with Gasteiger partial charge in [-0.05, 0) is 49.2 Å². The second-order valence-electron chi connectivity index (χ2n) is 4.94. The highest BCUT2D eigenvalue weighted by molar-refractivity contribution is 9.10. The van der Waals surface area contributed by atoms with Gasteiger partial charge < -0.3 is 16.4 Å². The molecule has 5 heteroatoms. The number of hydrogen-bond acceptors (Lipinski definition) is 2. The Balaban J connectivity index is 2.11. The summed E-state index contributed by atoms with van der Waals surface area (Å²) in [6, 6.07) is 13.4. The third-order valence-electron chi connectivity index (χ3n) is 3.25. The first kappa shape index (κ1) is 15.4. The predicted octanol–water partition coefficient (Wildman–Crippen LogP) is 4.42. The van der Waals surface area contributed by atoms with E-state index in [0.29, 0.717) is 5.69 Å². The summed E-state index contributed by atoms with van der Waals surface area (Å²) in [5.74, 6) is 0. The van der Waals surface area contributed by atoms with E-state index in [2.05, 4.69) is 52.5 Å². The second kappa shape index (κ2) is 6.63. The fraction of sp³-hybridized carbons (Fsp3) is 0.188. The molecule has 0 saturated heterocycles. The third kappa shape index (κ3) is 4.23. The Bertz CT molecular complexity index is 640. The van der Waals surface area contributed by atoms with Gasteiger partial charge in [-0.15, -0.1) is 0 Å². The number of carbonyl (C=O) groups excluding carboxylic acids is 1. The summed E-state index contributed by atoms with van der Waals surface area (Å²) >= 11 is 3.48. The van der Waals surface area contributed by atoms with Gasteiger partial charge in [0.25, 0.3) is 0 Å². The molecule has 1 unspecified atom stereocenters. The van der Waals surface area contributed by atoms with Crippen LogP contribution in [0.25, 0.3) is 0 Å². The van der Waals surface area contributed by atoms with Crippen LogP contribution in [-0.4, -0.2) is 6.03 Å². The zero-order chi connectivity index (χ0) is 15.4. The minimum Gasteiger partial charge on any atom is -0.378 e. The number of amides is 2. The van der Waals surface area contributed by atoms with Crippen LogP contribution in [0.1, 0.15) is 24.1 Å². The number of nitrogens with one attached hydrogen (secondary N) is 2. The fourth-order valence-corrected chi connectivity index (χ4v) is 2.42. The Morgan fingerprint density at radius 3 is 2.48 bits per heavy atom. The third-order valence-corrected chi connectivity index (χ3v) is 3.74. The van der Waals surface area contributed by atoms with Gasteiger partial charge in [-0.2, -0.15) is 0 Å². The second-order valence-corrected chi connectivity index (χ2v) is 5.85. The van der Waals surface area contributed by atoms with Gasteiger partial charge in [-0.1, -0.05) is 34.1 Å². The van der Waals surface area contributed by atoms with Gasteiger partial charge in [0.05, 0.1) is 0 Å². The minimum atomic E-state index is -0.557. The van der Waals surface area contributed by atoms with E-state index in [1.54, 1.807) is 0 Å². The van der Waals surface area contributed by atoms with Crippen molar-refractivity contribution in [3.8, 4) is 0 Å². The fourth-order valence-electron chi connectivity index (χ4n) is 2.06. The van der Waals surface area contributed by atoms with Crippen LogP contribution in [-0.2, 0) is 0 Å². The van der Waals surface area contributed by atoms with Crippen molar-refractivity contribution in [3.63, 3.8) is 0 Å². The molecule has 4 nitrogen and oxygen atoms in total. The van der Waals surface area contributed by atoms with E-state index < -0.39 is 6.03 Å². The highest BCUT2D eigenvalue weighted by Crippen LogP contribution is 2.26. The maximum atomic E-state index is 10.8. The summed E-state index contributed by atoms with van der Waals surface area (Å²) < 4.78 is 1.05. The SMILES string of the molecule is Cc1ccc(Br)cc1NC(C)c1ccc(NC(N)=O)cc1. The highest BCUT2D eigenvalue weighted by atomic mass is 79.9. The Morgan fingerprint density at radius 1 is 1.19 bits per heavy atom. The minimum absolute atomic E-state index is 0.153. The van der Waals surface area contributed by atoms with E-state index in [4.69, 9.17) is 5.73 Å². The summed E-state index contributed by atoms with van der Waals surface area (Å²) in [6.45, 7) is 4.16. The molecule has 0 radical (unpaired) electrons. The Hall–Kier alpha value is -2.01. The van der Waals surface area contributed by atoms with Gasteiger partial charge >= 0.3 is 6.03 Å². The largest absolute Gasteiger partial charge is 0.378 e. The molecule has 0 fully saturated rings. The molecule has 0 aliphatic rings. The van der Waals surface area contributed by atoms with Gasteiger partial charge in [0.2, 0.25) is 0 Å². The van der Waals surface area contributed by atoms with Crippen LogP contribution in [0.2, 0.25) is 0 Å². The van der Waals surface area contributed by atoms with E-state index in [9.17, 15) is 4.79 Å². The smallest absolute Gasteiger partial charge is 0.316 e. The van der Waals surface area contributed by atoms with Crippen molar-refractivity contribution in [2.45, 2.75) is 19.9 Å². The van der Waals surface area contributed by atoms with Crippen LogP contribution in [0, 0.1) is 6.92 Å². The van der Waals surface area contributed by atoms with E-state index in [-0.39, 0.29) is 6.04 Å². The molecule has 2 amide bonds. The van der Waals surface area contributed by atoms with Crippen molar-refractivity contribution in [1.29, 1.82) is 0 Å². The first-order valence-corrected chi connectivity index (χ1v) is 7.44. The van der Waals surface area contributed by atoms with Crippen LogP contribution in [0.15, 0.2) is 46.9 Å². The maximum Gasteiger partial charge on any atom is 0.316 e. The van der Waals surface area contributed by atoms with Gasteiger partial charge in [0, 0.05) is 21.9 Å². The standard InChI is InChI=1S/C16H18BrN3O/c1-10-3-6-13(17)9-15(10)19-11(2)12-4-7-14(8-5-12)20-16(18)21/h3-9,11,19H,1-2H3,(H3,18,20,21). The van der Waals surface area contributed by atoms with Crippen molar-refractivity contribution in [1.82, 2.24) is 0 Å². The van der Waals surface area contributed by atoms with Crippen molar-refractivity contribution < 1.29 is 4.79 Å². The summed E-state index contributed by atoms with van der Waals surface area (Å²) in [6.07, 6.45) is 0. The molecule has 0 bridgehead atoms. The molecule has 1 atom stereocenters. The number of nitrogens with two attached hydrogens (primary N) is 1. The average molecular weight is 348 g/mol. The molecule has 2 aromatic carbocycles. The van der Waals surface area contributed by atoms with Crippen LogP contribution in [0.5, 0.6) is 0 Å². The van der Waals surface area contributed by atoms with Crippen molar-refractivity contribution in [2.75, 3.05) is 10.6 Å². The number of hydrogen-bond donors (Lipinski definition) is 3. The monoisotopic (exact) mass is 347 g/mol. The normalized spacial score (nSPS) is 11.8. The van der Waals surface area contributed by atoms with Crippen LogP contribution >= 0.6 is 15.9 Å². The van der Waals surface area contributed by atoms with E-state index in [0.717, 1.165) is 15.7 Å². The molecular formula is C16H18BrN3O. The van der Waals surface area contributed by atoms with Crippen molar-refractivity contribution >= 4 is 33.3 Å². The Morgan fingerprint density at radius 2 is 1.86 bits per heavy atom. The first-order chi connectivity index (χ1) is 9.95. The molecule has 0 aliphatic carbocycles. The molecular weight excluding hydrogens is 330 g/mol. The predicted molar refractivity (Wildman–Crippen MR) is 90.6 cm³/mol. The van der Waals surface area contributed by atoms with Gasteiger partial charge in [0.15, 0.2) is 0 Å². The summed E-state index contributed by atoms with van der Waals surface area (Å²) in [4.78, 5) is 10.8. The summed E-state index contributed by atoms with van der Waals surface area (Å²) in [5, 5.41) is 6.03. The lowest BCUT2D eigenvalue weighted by molar-refractivity contribution is 0.259. The lowest BCUT2D eigenvalue weighted by Gasteiger charge is -2.18. The van der Waals surface area contributed by atoms with E-state index in [1.165, 1.54) is 5.56 Å². The average Bonchev–Trinajstić information content (AvgIpc) is 2.43. The molecule has 0 saturated carbocycles. The van der Waals surface area contributed by atoms with Crippen molar-refractivity contribution in [3.05, 3.63) is 58.1 Å². The molecule has 2 rings (SSSR count). The number of aryl methyl sites for hydroxylation is 1. The van der Waals surface area contributed by atoms with Crippen LogP contribution in [0.3, 0.4) is 0 Å². The molecule has 110 valence electrons. The molecule has 0 heterocycles. The van der Waals surface area contributed by atoms with Gasteiger partial charge in [-0.25, -0.2) is 4.79 Å². The molecule has 0 spiro atoms. The quantitative estimate of drug-likeness (QED) is 0.766. The molecule has 0 aromatic heterocycles. The highest BCUT2D eigenvalue weighted by Gasteiger charge is 2.07. The number of rotatable bonds is 4. The number of carbonyl (C=O) groups is 1. The Labute approximate surface area is 132 Å². The molecule has 0 aliphatic heterocycles. The summed E-state index contributed by atoms with van der Waals surface area (Å²) in [7, 11) is 0. The summed E-state index contributed by atoms with van der Waals surface area (Å²) in [5.41, 5.74) is 9.19. The van der Waals surface area contributed by atoms with Crippen LogP contribution in [0.4, 0.5) is 16.2 Å². The lowest BCUT2D eigenvalue weighted by Crippen LogP contribution is -2.19. The first-order valence-electron chi connectivity index (χ1n) is 6.65. The van der Waals surface area contributed by atoms with Gasteiger partial charge in [-0.3, -0.25) is 0 Å². The topological polar surface area (TPSA) is 67.2 Å². The Kier molecular flexibility index (Phi) is 4.85. The van der Waals surface area contributed by atoms with Crippen LogP contribution < -0.4 is 16.4 Å². The molecule has 4 N–H and O–H groups in total. The molecule has 21 heavy (non-hydrogen) atoms. The number of urea groups is 1. The zero-order valence-corrected chi connectivity index (χ0v) is 13.6. The molecule has 2 aromatic rings. The lowest BCUT2D eigenvalue weighted by atomic mass is 10.1. The van der Waals surface area contributed by atoms with E-state index in [1.807, 2.05) is 30.3 Å². The zero-order valence-electron chi connectivity index (χ0n) is 12.0. The van der Waals surface area contributed by atoms with Gasteiger partial charge in [0.1, 0.15) is 0 Å². The number of anilines is 2. The maximum absolute atomic E-state index is 10.8. The van der Waals surface area contributed by atoms with E-state index >= 15 is 0 Å². The number of primary amides is 1. The number of halogens is 1. The van der Waals surface area contributed by atoms with Crippen molar-refractivity contribution in [2.24, 2.45) is 5.73 Å². The number of benzene rings is 2.